The zero-order valence-corrected chi connectivity index (χ0v) is 17.9. The van der Waals surface area contributed by atoms with E-state index in [0.717, 1.165) is 48.3 Å². The van der Waals surface area contributed by atoms with Crippen LogP contribution >= 0.6 is 0 Å². The molecule has 2 aromatic rings. The van der Waals surface area contributed by atoms with Crippen molar-refractivity contribution in [3.05, 3.63) is 59.7 Å². The Hall–Kier alpha value is -3.02. The quantitative estimate of drug-likeness (QED) is 0.186. The van der Waals surface area contributed by atoms with Crippen LogP contribution in [0.3, 0.4) is 0 Å². The monoisotopic (exact) mass is 412 g/mol. The number of unbranched alkanes of at least 4 members (excludes halogenated alkanes) is 1. The van der Waals surface area contributed by atoms with Crippen molar-refractivity contribution in [2.45, 2.75) is 52.4 Å². The van der Waals surface area contributed by atoms with E-state index in [4.69, 9.17) is 9.47 Å². The number of oxime groups is 2. The lowest BCUT2D eigenvalue weighted by molar-refractivity contribution is 0.316. The van der Waals surface area contributed by atoms with Crippen LogP contribution in [0.5, 0.6) is 11.5 Å². The third-order valence-corrected chi connectivity index (χ3v) is 4.64. The van der Waals surface area contributed by atoms with Crippen molar-refractivity contribution in [1.29, 1.82) is 0 Å². The smallest absolute Gasteiger partial charge is 0.119 e. The molecule has 2 N–H and O–H groups in total. The molecule has 0 aliphatic rings. The van der Waals surface area contributed by atoms with Crippen molar-refractivity contribution in [2.24, 2.45) is 10.3 Å². The van der Waals surface area contributed by atoms with E-state index in [2.05, 4.69) is 24.2 Å². The summed E-state index contributed by atoms with van der Waals surface area (Å²) in [5.41, 5.74) is 3.02. The highest BCUT2D eigenvalue weighted by Gasteiger charge is 2.08. The predicted molar refractivity (Wildman–Crippen MR) is 120 cm³/mol. The Balaban J connectivity index is 1.83. The number of benzene rings is 2. The maximum atomic E-state index is 9.39. The van der Waals surface area contributed by atoms with Crippen LogP contribution in [0.25, 0.3) is 0 Å². The van der Waals surface area contributed by atoms with E-state index in [-0.39, 0.29) is 0 Å². The number of hydrogen-bond acceptors (Lipinski definition) is 6. The fourth-order valence-electron chi connectivity index (χ4n) is 3.02. The highest BCUT2D eigenvalue weighted by atomic mass is 16.5. The van der Waals surface area contributed by atoms with Crippen molar-refractivity contribution in [3.63, 3.8) is 0 Å². The third-order valence-electron chi connectivity index (χ3n) is 4.64. The standard InChI is InChI=1S/C24H32N2O4/c1-3-17-29-21-13-9-19(10-14-21)23(25-27)7-5-6-8-24(26-28)20-11-15-22(16-12-20)30-18-4-2/h9-16,27-28H,3-8,17-18H2,1-2H3. The van der Waals surface area contributed by atoms with E-state index >= 15 is 0 Å². The van der Waals surface area contributed by atoms with Crippen molar-refractivity contribution < 1.29 is 19.9 Å². The van der Waals surface area contributed by atoms with Crippen LogP contribution in [0.4, 0.5) is 0 Å². The van der Waals surface area contributed by atoms with E-state index < -0.39 is 0 Å². The van der Waals surface area contributed by atoms with Gasteiger partial charge in [-0.2, -0.15) is 0 Å². The minimum atomic E-state index is 0.633. The average molecular weight is 413 g/mol. The lowest BCUT2D eigenvalue weighted by Gasteiger charge is -2.09. The van der Waals surface area contributed by atoms with Gasteiger partial charge in [0.15, 0.2) is 0 Å². The molecule has 0 unspecified atom stereocenters. The molecule has 0 heterocycles. The minimum absolute atomic E-state index is 0.633. The SMILES string of the molecule is CCCOc1ccc(C(CCCCC(=NO)c2ccc(OCCC)cc2)=NO)cc1. The van der Waals surface area contributed by atoms with Crippen molar-refractivity contribution in [2.75, 3.05) is 13.2 Å². The molecule has 0 saturated heterocycles. The molecule has 0 atom stereocenters. The van der Waals surface area contributed by atoms with E-state index in [0.29, 0.717) is 37.5 Å². The summed E-state index contributed by atoms with van der Waals surface area (Å²) in [5, 5.41) is 25.7. The highest BCUT2D eigenvalue weighted by Crippen LogP contribution is 2.18. The molecule has 0 saturated carbocycles. The molecule has 6 heteroatoms. The second-order valence-corrected chi connectivity index (χ2v) is 7.05. The zero-order valence-electron chi connectivity index (χ0n) is 17.9. The first-order valence-corrected chi connectivity index (χ1v) is 10.6. The normalized spacial score (nSPS) is 12.1. The number of hydrogen-bond donors (Lipinski definition) is 2. The average Bonchev–Trinajstić information content (AvgIpc) is 2.80. The van der Waals surface area contributed by atoms with Gasteiger partial charge in [0.25, 0.3) is 0 Å². The Labute approximate surface area is 178 Å². The maximum Gasteiger partial charge on any atom is 0.119 e. The first kappa shape index (κ1) is 23.3. The third kappa shape index (κ3) is 7.43. The molecular weight excluding hydrogens is 380 g/mol. The molecule has 0 aromatic heterocycles. The number of ether oxygens (including phenoxy) is 2. The van der Waals surface area contributed by atoms with E-state index in [1.165, 1.54) is 0 Å². The van der Waals surface area contributed by atoms with Crippen molar-refractivity contribution >= 4 is 11.4 Å². The molecule has 0 amide bonds. The first-order chi connectivity index (χ1) is 14.7. The number of nitrogens with zero attached hydrogens (tertiary/aromatic N) is 2. The molecule has 0 bridgehead atoms. The molecule has 0 aliphatic carbocycles. The van der Waals surface area contributed by atoms with Crippen LogP contribution < -0.4 is 9.47 Å². The van der Waals surface area contributed by atoms with Gasteiger partial charge in [0.2, 0.25) is 0 Å². The molecule has 0 radical (unpaired) electrons. The fourth-order valence-corrected chi connectivity index (χ4v) is 3.02. The first-order valence-electron chi connectivity index (χ1n) is 10.6. The topological polar surface area (TPSA) is 83.6 Å². The van der Waals surface area contributed by atoms with E-state index in [1.54, 1.807) is 0 Å². The Morgan fingerprint density at radius 1 is 0.667 bits per heavy atom. The highest BCUT2D eigenvalue weighted by molar-refractivity contribution is 6.01. The molecule has 0 fully saturated rings. The predicted octanol–water partition coefficient (Wildman–Crippen LogP) is 5.88. The molecule has 6 nitrogen and oxygen atoms in total. The van der Waals surface area contributed by atoms with Gasteiger partial charge in [0, 0.05) is 0 Å². The summed E-state index contributed by atoms with van der Waals surface area (Å²) >= 11 is 0. The van der Waals surface area contributed by atoms with E-state index in [9.17, 15) is 10.4 Å². The molecule has 2 aromatic carbocycles. The van der Waals surface area contributed by atoms with Gasteiger partial charge >= 0.3 is 0 Å². The van der Waals surface area contributed by atoms with Crippen molar-refractivity contribution in [1.82, 2.24) is 0 Å². The Kier molecular flexibility index (Phi) is 10.3. The second-order valence-electron chi connectivity index (χ2n) is 7.05. The lowest BCUT2D eigenvalue weighted by atomic mass is 10.0. The summed E-state index contributed by atoms with van der Waals surface area (Å²) in [5.74, 6) is 1.63. The lowest BCUT2D eigenvalue weighted by Crippen LogP contribution is -2.04. The van der Waals surface area contributed by atoms with Gasteiger partial charge in [0.1, 0.15) is 11.5 Å². The van der Waals surface area contributed by atoms with Crippen LogP contribution in [0.2, 0.25) is 0 Å². The van der Waals surface area contributed by atoms with Crippen LogP contribution in [-0.4, -0.2) is 35.1 Å². The van der Waals surface area contributed by atoms with Gasteiger partial charge < -0.3 is 19.9 Å². The van der Waals surface area contributed by atoms with Gasteiger partial charge in [0.05, 0.1) is 24.6 Å². The van der Waals surface area contributed by atoms with Gasteiger partial charge in [-0.15, -0.1) is 0 Å². The summed E-state index contributed by atoms with van der Waals surface area (Å²) in [6, 6.07) is 15.2. The molecule has 162 valence electrons. The zero-order chi connectivity index (χ0) is 21.6. The second kappa shape index (κ2) is 13.2. The van der Waals surface area contributed by atoms with E-state index in [1.807, 2.05) is 48.5 Å². The van der Waals surface area contributed by atoms with Crippen LogP contribution in [0, 0.1) is 0 Å². The Bertz CT molecular complexity index is 729. The van der Waals surface area contributed by atoms with Crippen LogP contribution in [-0.2, 0) is 0 Å². The summed E-state index contributed by atoms with van der Waals surface area (Å²) < 4.78 is 11.2. The largest absolute Gasteiger partial charge is 0.494 e. The van der Waals surface area contributed by atoms with Gasteiger partial charge in [-0.25, -0.2) is 0 Å². The van der Waals surface area contributed by atoms with Gasteiger partial charge in [-0.05, 0) is 98.2 Å². The van der Waals surface area contributed by atoms with Crippen molar-refractivity contribution in [3.8, 4) is 11.5 Å². The van der Waals surface area contributed by atoms with Gasteiger partial charge in [-0.1, -0.05) is 24.2 Å². The molecular formula is C24H32N2O4. The van der Waals surface area contributed by atoms with Crippen LogP contribution in [0.1, 0.15) is 63.5 Å². The number of rotatable bonds is 13. The minimum Gasteiger partial charge on any atom is -0.494 e. The maximum absolute atomic E-state index is 9.39. The Morgan fingerprint density at radius 3 is 1.33 bits per heavy atom. The molecule has 0 aliphatic heterocycles. The Morgan fingerprint density at radius 2 is 1.03 bits per heavy atom. The molecule has 0 spiro atoms. The summed E-state index contributed by atoms with van der Waals surface area (Å²) in [4.78, 5) is 0. The summed E-state index contributed by atoms with van der Waals surface area (Å²) in [6.07, 6.45) is 4.80. The summed E-state index contributed by atoms with van der Waals surface area (Å²) in [7, 11) is 0. The van der Waals surface area contributed by atoms with Crippen LogP contribution in [0.15, 0.2) is 58.8 Å². The fraction of sp³-hybridized carbons (Fsp3) is 0.417. The molecule has 30 heavy (non-hydrogen) atoms. The van der Waals surface area contributed by atoms with Gasteiger partial charge in [-0.3, -0.25) is 0 Å². The summed E-state index contributed by atoms with van der Waals surface area (Å²) in [6.45, 7) is 5.50. The molecule has 2 rings (SSSR count).